The fourth-order valence-electron chi connectivity index (χ4n) is 2.20. The molecule has 0 aliphatic heterocycles. The molecule has 0 unspecified atom stereocenters. The van der Waals surface area contributed by atoms with E-state index >= 15 is 0 Å². The van der Waals surface area contributed by atoms with Gasteiger partial charge in [-0.1, -0.05) is 12.1 Å². The number of carbonyl (C=O) groups excluding carboxylic acids is 1. The van der Waals surface area contributed by atoms with Gasteiger partial charge in [-0.15, -0.1) is 0 Å². The highest BCUT2D eigenvalue weighted by Gasteiger charge is 2.14. The van der Waals surface area contributed by atoms with Gasteiger partial charge >= 0.3 is 0 Å². The molecule has 0 heterocycles. The molecule has 0 fully saturated rings. The minimum absolute atomic E-state index is 0.0372. The fourth-order valence-corrected chi connectivity index (χ4v) is 2.20. The minimum Gasteiger partial charge on any atom is -0.491 e. The number of non-ortho nitro benzene ring substituents is 1. The molecule has 1 N–H and O–H groups in total. The van der Waals surface area contributed by atoms with Crippen LogP contribution in [0.3, 0.4) is 0 Å². The molecule has 0 aliphatic carbocycles. The third-order valence-electron chi connectivity index (χ3n) is 3.20. The largest absolute Gasteiger partial charge is 0.491 e. The van der Waals surface area contributed by atoms with Crippen molar-refractivity contribution in [3.8, 4) is 11.5 Å². The van der Waals surface area contributed by atoms with Crippen LogP contribution in [0.5, 0.6) is 11.5 Å². The topological polar surface area (TPSA) is 90.7 Å². The second kappa shape index (κ2) is 8.14. The maximum absolute atomic E-state index is 11.3. The number of nitro benzene ring substituents is 1. The van der Waals surface area contributed by atoms with Crippen molar-refractivity contribution < 1.29 is 19.2 Å². The molecular formula is C18H20N2O5. The van der Waals surface area contributed by atoms with Gasteiger partial charge in [0, 0.05) is 24.6 Å². The lowest BCUT2D eigenvalue weighted by Gasteiger charge is -2.16. The maximum Gasteiger partial charge on any atom is 0.270 e. The van der Waals surface area contributed by atoms with E-state index in [1.165, 1.54) is 19.1 Å². The molecule has 7 heteroatoms. The van der Waals surface area contributed by atoms with Crippen molar-refractivity contribution in [1.82, 2.24) is 0 Å². The molecule has 7 nitrogen and oxygen atoms in total. The lowest BCUT2D eigenvalue weighted by atomic mass is 10.2. The van der Waals surface area contributed by atoms with E-state index in [0.717, 1.165) is 0 Å². The Bertz CT molecular complexity index is 774. The van der Waals surface area contributed by atoms with Gasteiger partial charge in [0.15, 0.2) is 0 Å². The predicted octanol–water partition coefficient (Wildman–Crippen LogP) is 3.92. The third kappa shape index (κ3) is 5.20. The highest BCUT2D eigenvalue weighted by atomic mass is 16.6. The molecule has 1 amide bonds. The van der Waals surface area contributed by atoms with E-state index in [0.29, 0.717) is 22.7 Å². The number of rotatable bonds is 7. The summed E-state index contributed by atoms with van der Waals surface area (Å²) < 4.78 is 11.5. The summed E-state index contributed by atoms with van der Waals surface area (Å²) in [7, 11) is 0. The minimum atomic E-state index is -0.464. The molecule has 0 aromatic heterocycles. The van der Waals surface area contributed by atoms with Crippen LogP contribution < -0.4 is 14.8 Å². The van der Waals surface area contributed by atoms with Crippen LogP contribution in [0.1, 0.15) is 26.3 Å². The first-order valence-electron chi connectivity index (χ1n) is 7.80. The van der Waals surface area contributed by atoms with E-state index in [1.807, 2.05) is 13.8 Å². The van der Waals surface area contributed by atoms with Gasteiger partial charge in [-0.05, 0) is 32.0 Å². The van der Waals surface area contributed by atoms with Crippen LogP contribution in [0.15, 0.2) is 42.5 Å². The number of hydrogen-bond acceptors (Lipinski definition) is 5. The summed E-state index contributed by atoms with van der Waals surface area (Å²) in [4.78, 5) is 21.8. The first-order chi connectivity index (χ1) is 11.9. The first-order valence-corrected chi connectivity index (χ1v) is 7.80. The van der Waals surface area contributed by atoms with Gasteiger partial charge in [-0.3, -0.25) is 14.9 Å². The molecular weight excluding hydrogens is 324 g/mol. The molecule has 0 saturated carbocycles. The van der Waals surface area contributed by atoms with Crippen LogP contribution in [0.2, 0.25) is 0 Å². The molecule has 2 rings (SSSR count). The van der Waals surface area contributed by atoms with E-state index < -0.39 is 4.92 Å². The van der Waals surface area contributed by atoms with Gasteiger partial charge < -0.3 is 14.8 Å². The highest BCUT2D eigenvalue weighted by Crippen LogP contribution is 2.29. The van der Waals surface area contributed by atoms with E-state index in [2.05, 4.69) is 5.32 Å². The zero-order valence-corrected chi connectivity index (χ0v) is 14.3. The third-order valence-corrected chi connectivity index (χ3v) is 3.20. The van der Waals surface area contributed by atoms with Gasteiger partial charge in [0.05, 0.1) is 16.7 Å². The van der Waals surface area contributed by atoms with Crippen LogP contribution in [0, 0.1) is 10.1 Å². The predicted molar refractivity (Wildman–Crippen MR) is 93.9 cm³/mol. The number of nitro groups is 1. The van der Waals surface area contributed by atoms with Crippen LogP contribution >= 0.6 is 0 Å². The Morgan fingerprint density at radius 1 is 1.20 bits per heavy atom. The zero-order chi connectivity index (χ0) is 18.4. The maximum atomic E-state index is 11.3. The first kappa shape index (κ1) is 18.3. The SMILES string of the molecule is CC(=O)Nc1ccccc1OCc1cc([N+](=O)[O-])ccc1OC(C)C. The summed E-state index contributed by atoms with van der Waals surface area (Å²) >= 11 is 0. The number of nitrogens with one attached hydrogen (secondary N) is 1. The van der Waals surface area contributed by atoms with Gasteiger partial charge in [0.1, 0.15) is 18.1 Å². The van der Waals surface area contributed by atoms with Crippen molar-refractivity contribution in [3.05, 3.63) is 58.1 Å². The summed E-state index contributed by atoms with van der Waals surface area (Å²) in [6, 6.07) is 11.4. The average Bonchev–Trinajstić information content (AvgIpc) is 2.54. The van der Waals surface area contributed by atoms with Crippen molar-refractivity contribution in [2.75, 3.05) is 5.32 Å². The Labute approximate surface area is 145 Å². The van der Waals surface area contributed by atoms with Crippen molar-refractivity contribution in [2.24, 2.45) is 0 Å². The van der Waals surface area contributed by atoms with E-state index in [-0.39, 0.29) is 24.3 Å². The van der Waals surface area contributed by atoms with E-state index in [1.54, 1.807) is 30.3 Å². The number of nitrogens with zero attached hydrogens (tertiary/aromatic N) is 1. The summed E-state index contributed by atoms with van der Waals surface area (Å²) in [5, 5.41) is 13.7. The zero-order valence-electron chi connectivity index (χ0n) is 14.3. The van der Waals surface area contributed by atoms with Crippen LogP contribution in [0.4, 0.5) is 11.4 Å². The fraction of sp³-hybridized carbons (Fsp3) is 0.278. The second-order valence-electron chi connectivity index (χ2n) is 5.68. The standard InChI is InChI=1S/C18H20N2O5/c1-12(2)25-17-9-8-15(20(22)23)10-14(17)11-24-18-7-5-4-6-16(18)19-13(3)21/h4-10,12H,11H2,1-3H3,(H,19,21). The summed E-state index contributed by atoms with van der Waals surface area (Å²) in [5.74, 6) is 0.785. The van der Waals surface area contributed by atoms with Gasteiger partial charge in [-0.2, -0.15) is 0 Å². The van der Waals surface area contributed by atoms with E-state index in [9.17, 15) is 14.9 Å². The monoisotopic (exact) mass is 344 g/mol. The van der Waals surface area contributed by atoms with E-state index in [4.69, 9.17) is 9.47 Å². The average molecular weight is 344 g/mol. The number of para-hydroxylation sites is 2. The molecule has 0 atom stereocenters. The molecule has 25 heavy (non-hydrogen) atoms. The number of ether oxygens (including phenoxy) is 2. The Morgan fingerprint density at radius 2 is 1.92 bits per heavy atom. The highest BCUT2D eigenvalue weighted by molar-refractivity contribution is 5.90. The molecule has 0 radical (unpaired) electrons. The van der Waals surface area contributed by atoms with Crippen molar-refractivity contribution in [2.45, 2.75) is 33.5 Å². The Morgan fingerprint density at radius 3 is 2.56 bits per heavy atom. The van der Waals surface area contributed by atoms with Crippen LogP contribution in [-0.4, -0.2) is 16.9 Å². The summed E-state index contributed by atoms with van der Waals surface area (Å²) in [6.07, 6.45) is -0.0770. The molecule has 2 aromatic rings. The number of benzene rings is 2. The lowest BCUT2D eigenvalue weighted by Crippen LogP contribution is -2.10. The molecule has 0 spiro atoms. The lowest BCUT2D eigenvalue weighted by molar-refractivity contribution is -0.385. The van der Waals surface area contributed by atoms with Gasteiger partial charge in [-0.25, -0.2) is 0 Å². The molecule has 2 aromatic carbocycles. The van der Waals surface area contributed by atoms with Crippen LogP contribution in [0.25, 0.3) is 0 Å². The van der Waals surface area contributed by atoms with Crippen molar-refractivity contribution >= 4 is 17.3 Å². The Hall–Kier alpha value is -3.09. The number of anilines is 1. The smallest absolute Gasteiger partial charge is 0.270 e. The van der Waals surface area contributed by atoms with Gasteiger partial charge in [0.25, 0.3) is 5.69 Å². The quantitative estimate of drug-likeness (QED) is 0.607. The van der Waals surface area contributed by atoms with Crippen molar-refractivity contribution in [3.63, 3.8) is 0 Å². The summed E-state index contributed by atoms with van der Waals surface area (Å²) in [6.45, 7) is 5.22. The number of hydrogen-bond donors (Lipinski definition) is 1. The number of carbonyl (C=O) groups is 1. The Kier molecular flexibility index (Phi) is 5.94. The van der Waals surface area contributed by atoms with Crippen LogP contribution in [-0.2, 0) is 11.4 Å². The molecule has 0 aliphatic rings. The number of amides is 1. The second-order valence-corrected chi connectivity index (χ2v) is 5.68. The van der Waals surface area contributed by atoms with Crippen molar-refractivity contribution in [1.29, 1.82) is 0 Å². The normalized spacial score (nSPS) is 10.4. The summed E-state index contributed by atoms with van der Waals surface area (Å²) in [5.41, 5.74) is 1.05. The molecule has 0 saturated heterocycles. The van der Waals surface area contributed by atoms with Gasteiger partial charge in [0.2, 0.25) is 5.91 Å². The molecule has 0 bridgehead atoms. The molecule has 132 valence electrons. The Balaban J connectivity index is 2.25.